The molecule has 0 radical (unpaired) electrons. The van der Waals surface area contributed by atoms with Gasteiger partial charge in [-0.15, -0.1) is 0 Å². The first-order chi connectivity index (χ1) is 13.8. The molecular weight excluding hydrogens is 390 g/mol. The van der Waals surface area contributed by atoms with Crippen LogP contribution in [-0.2, 0) is 23.5 Å². The average molecular weight is 416 g/mol. The van der Waals surface area contributed by atoms with E-state index in [0.29, 0.717) is 17.1 Å². The lowest BCUT2D eigenvalue weighted by molar-refractivity contribution is 0.341. The maximum atomic E-state index is 12.8. The quantitative estimate of drug-likeness (QED) is 0.613. The maximum absolute atomic E-state index is 12.8. The second-order valence-electron chi connectivity index (χ2n) is 6.70. The van der Waals surface area contributed by atoms with Crippen LogP contribution in [0.15, 0.2) is 59.4 Å². The number of benzene rings is 2. The molecule has 1 heterocycles. The zero-order valence-electron chi connectivity index (χ0n) is 16.8. The topological polar surface area (TPSA) is 82.3 Å². The number of sulfonamides is 1. The fraction of sp³-hybridized carbons (Fsp3) is 0.286. The van der Waals surface area contributed by atoms with Gasteiger partial charge in [0.25, 0.3) is 5.56 Å². The number of nitrogens with one attached hydrogen (secondary N) is 1. The first-order valence-corrected chi connectivity index (χ1v) is 11.0. The summed E-state index contributed by atoms with van der Waals surface area (Å²) in [5, 5.41) is 0. The van der Waals surface area contributed by atoms with E-state index in [1.807, 2.05) is 42.5 Å². The average Bonchev–Trinajstić information content (AvgIpc) is 2.92. The van der Waals surface area contributed by atoms with E-state index in [-0.39, 0.29) is 18.0 Å². The number of ether oxygens (including phenoxy) is 1. The monoisotopic (exact) mass is 415 g/mol. The highest BCUT2D eigenvalue weighted by Crippen LogP contribution is 2.16. The van der Waals surface area contributed by atoms with Crippen molar-refractivity contribution in [2.24, 2.45) is 7.05 Å². The van der Waals surface area contributed by atoms with Crippen molar-refractivity contribution in [2.75, 3.05) is 17.1 Å². The predicted molar refractivity (Wildman–Crippen MR) is 114 cm³/mol. The zero-order chi connectivity index (χ0) is 21.0. The molecule has 0 spiro atoms. The molecule has 0 aliphatic heterocycles. The number of para-hydroxylation sites is 1. The molecule has 3 aromatic rings. The summed E-state index contributed by atoms with van der Waals surface area (Å²) in [6, 6.07) is 16.6. The summed E-state index contributed by atoms with van der Waals surface area (Å²) in [6.45, 7) is 3.75. The van der Waals surface area contributed by atoms with E-state index < -0.39 is 15.6 Å². The first-order valence-electron chi connectivity index (χ1n) is 9.38. The molecule has 0 saturated heterocycles. The van der Waals surface area contributed by atoms with Crippen molar-refractivity contribution >= 4 is 15.7 Å². The summed E-state index contributed by atoms with van der Waals surface area (Å²) in [5.74, 6) is 0.349. The molecule has 7 nitrogen and oxygen atoms in total. The van der Waals surface area contributed by atoms with E-state index in [0.717, 1.165) is 6.42 Å². The molecule has 29 heavy (non-hydrogen) atoms. The minimum atomic E-state index is -3.75. The Labute approximate surface area is 170 Å². The molecule has 0 bridgehead atoms. The molecule has 0 aliphatic carbocycles. The molecule has 0 atom stereocenters. The van der Waals surface area contributed by atoms with Gasteiger partial charge in [-0.05, 0) is 43.2 Å². The molecule has 8 heteroatoms. The highest BCUT2D eigenvalue weighted by molar-refractivity contribution is 7.92. The van der Waals surface area contributed by atoms with Crippen LogP contribution < -0.4 is 15.0 Å². The van der Waals surface area contributed by atoms with Crippen molar-refractivity contribution < 1.29 is 13.2 Å². The van der Waals surface area contributed by atoms with Crippen molar-refractivity contribution in [3.63, 3.8) is 0 Å². The van der Waals surface area contributed by atoms with Crippen molar-refractivity contribution in [3.05, 3.63) is 76.2 Å². The van der Waals surface area contributed by atoms with Gasteiger partial charge in [-0.3, -0.25) is 14.2 Å². The molecule has 0 amide bonds. The normalized spacial score (nSPS) is 11.4. The summed E-state index contributed by atoms with van der Waals surface area (Å²) < 4.78 is 36.0. The van der Waals surface area contributed by atoms with E-state index in [2.05, 4.69) is 11.6 Å². The summed E-state index contributed by atoms with van der Waals surface area (Å²) >= 11 is 0. The largest absolute Gasteiger partial charge is 0.492 e. The number of aromatic nitrogens is 2. The van der Waals surface area contributed by atoms with Gasteiger partial charge in [0, 0.05) is 7.05 Å². The molecule has 0 fully saturated rings. The number of nitrogens with zero attached hydrogens (tertiary/aromatic N) is 2. The van der Waals surface area contributed by atoms with Crippen molar-refractivity contribution in [1.82, 2.24) is 9.36 Å². The molecule has 0 unspecified atom stereocenters. The third-order valence-electron chi connectivity index (χ3n) is 4.76. The highest BCUT2D eigenvalue weighted by atomic mass is 32.2. The van der Waals surface area contributed by atoms with Crippen LogP contribution >= 0.6 is 0 Å². The smallest absolute Gasteiger partial charge is 0.296 e. The second-order valence-corrected chi connectivity index (χ2v) is 8.55. The van der Waals surface area contributed by atoms with Crippen LogP contribution in [-0.4, -0.2) is 30.1 Å². The van der Waals surface area contributed by atoms with Crippen LogP contribution in [0, 0.1) is 6.92 Å². The second kappa shape index (κ2) is 8.57. The van der Waals surface area contributed by atoms with E-state index in [9.17, 15) is 13.2 Å². The number of hydrogen-bond donors (Lipinski definition) is 1. The number of aryl methyl sites for hydroxylation is 1. The van der Waals surface area contributed by atoms with E-state index in [1.54, 1.807) is 30.8 Å². The van der Waals surface area contributed by atoms with Crippen LogP contribution in [0.4, 0.5) is 5.69 Å². The lowest BCUT2D eigenvalue weighted by Gasteiger charge is -2.09. The summed E-state index contributed by atoms with van der Waals surface area (Å²) in [7, 11) is -2.04. The standard InChI is InChI=1S/C21H25N3O4S/c1-4-17-10-12-19(13-11-17)28-14-15-29(26,27)22-20-16(2)23(3)24(21(20)25)18-8-6-5-7-9-18/h5-13,22H,4,14-15H2,1-3H3. The molecule has 2 aromatic carbocycles. The van der Waals surface area contributed by atoms with Crippen molar-refractivity contribution in [2.45, 2.75) is 20.3 Å². The van der Waals surface area contributed by atoms with E-state index in [4.69, 9.17) is 4.74 Å². The first kappa shape index (κ1) is 20.7. The Kier molecular flexibility index (Phi) is 6.12. The Morgan fingerprint density at radius 3 is 2.31 bits per heavy atom. The highest BCUT2D eigenvalue weighted by Gasteiger charge is 2.21. The van der Waals surface area contributed by atoms with Gasteiger partial charge in [0.1, 0.15) is 23.8 Å². The Morgan fingerprint density at radius 1 is 1.03 bits per heavy atom. The molecule has 3 rings (SSSR count). The number of hydrogen-bond acceptors (Lipinski definition) is 4. The number of anilines is 1. The third-order valence-corrected chi connectivity index (χ3v) is 5.98. The minimum Gasteiger partial charge on any atom is -0.492 e. The third kappa shape index (κ3) is 4.71. The fourth-order valence-corrected chi connectivity index (χ4v) is 3.93. The molecule has 1 aromatic heterocycles. The van der Waals surface area contributed by atoms with Gasteiger partial charge in [0.15, 0.2) is 0 Å². The Bertz CT molecular complexity index is 1130. The SMILES string of the molecule is CCc1ccc(OCCS(=O)(=O)Nc2c(C)n(C)n(-c3ccccc3)c2=O)cc1. The van der Waals surface area contributed by atoms with Crippen LogP contribution in [0.25, 0.3) is 5.69 Å². The van der Waals surface area contributed by atoms with Gasteiger partial charge < -0.3 is 4.74 Å². The van der Waals surface area contributed by atoms with Gasteiger partial charge in [-0.25, -0.2) is 13.1 Å². The molecule has 0 saturated carbocycles. The fourth-order valence-electron chi connectivity index (χ4n) is 2.98. The Hall–Kier alpha value is -3.00. The van der Waals surface area contributed by atoms with Gasteiger partial charge in [0.2, 0.25) is 10.0 Å². The van der Waals surface area contributed by atoms with Gasteiger partial charge in [-0.2, -0.15) is 0 Å². The molecular formula is C21H25N3O4S. The minimum absolute atomic E-state index is 0.0143. The van der Waals surface area contributed by atoms with Crippen molar-refractivity contribution in [3.8, 4) is 11.4 Å². The van der Waals surface area contributed by atoms with Gasteiger partial charge in [0.05, 0.1) is 11.4 Å². The Morgan fingerprint density at radius 2 is 1.69 bits per heavy atom. The van der Waals surface area contributed by atoms with E-state index >= 15 is 0 Å². The molecule has 0 aliphatic rings. The molecule has 1 N–H and O–H groups in total. The van der Waals surface area contributed by atoms with Gasteiger partial charge >= 0.3 is 0 Å². The summed E-state index contributed by atoms with van der Waals surface area (Å²) in [4.78, 5) is 12.8. The Balaban J connectivity index is 1.72. The lowest BCUT2D eigenvalue weighted by Crippen LogP contribution is -2.26. The summed E-state index contributed by atoms with van der Waals surface area (Å²) in [5.41, 5.74) is 1.99. The van der Waals surface area contributed by atoms with E-state index in [1.165, 1.54) is 10.2 Å². The van der Waals surface area contributed by atoms with Crippen LogP contribution in [0.1, 0.15) is 18.2 Å². The zero-order valence-corrected chi connectivity index (χ0v) is 17.6. The number of rotatable bonds is 8. The van der Waals surface area contributed by atoms with Crippen LogP contribution in [0.5, 0.6) is 5.75 Å². The maximum Gasteiger partial charge on any atom is 0.296 e. The summed E-state index contributed by atoms with van der Waals surface area (Å²) in [6.07, 6.45) is 0.926. The molecule has 154 valence electrons. The van der Waals surface area contributed by atoms with Crippen LogP contribution in [0.2, 0.25) is 0 Å². The predicted octanol–water partition coefficient (Wildman–Crippen LogP) is 2.87. The van der Waals surface area contributed by atoms with Crippen molar-refractivity contribution in [1.29, 1.82) is 0 Å². The lowest BCUT2D eigenvalue weighted by atomic mass is 10.2. The van der Waals surface area contributed by atoms with Gasteiger partial charge in [-0.1, -0.05) is 37.3 Å². The van der Waals surface area contributed by atoms with Crippen LogP contribution in [0.3, 0.4) is 0 Å².